The predicted octanol–water partition coefficient (Wildman–Crippen LogP) is 1.71. The lowest BCUT2D eigenvalue weighted by atomic mass is 10.1. The lowest BCUT2D eigenvalue weighted by Crippen LogP contribution is -2.20. The second kappa shape index (κ2) is 8.21. The van der Waals surface area contributed by atoms with E-state index in [-0.39, 0.29) is 12.2 Å². The first kappa shape index (κ1) is 13.9. The molecule has 86 valence electrons. The predicted molar refractivity (Wildman–Crippen MR) is 57.2 cm³/mol. The molecule has 0 aliphatic carbocycles. The zero-order valence-corrected chi connectivity index (χ0v) is 9.57. The lowest BCUT2D eigenvalue weighted by molar-refractivity contribution is -0.0150. The van der Waals surface area contributed by atoms with Crippen LogP contribution in [-0.2, 0) is 4.74 Å². The van der Waals surface area contributed by atoms with E-state index in [9.17, 15) is 0 Å². The molecule has 3 unspecified atom stereocenters. The minimum Gasteiger partial charge on any atom is -0.393 e. The Balaban J connectivity index is 3.65. The maximum absolute atomic E-state index is 9.14. The topological polar surface area (TPSA) is 49.7 Å². The van der Waals surface area contributed by atoms with E-state index in [0.29, 0.717) is 6.61 Å². The van der Waals surface area contributed by atoms with Crippen LogP contribution in [0.15, 0.2) is 0 Å². The van der Waals surface area contributed by atoms with Crippen molar-refractivity contribution in [3.63, 3.8) is 0 Å². The standard InChI is InChI=1S/C11H24O3/c1-4-5-11(7-6-9(2)12)14-8-10(3)13/h9-13H,4-8H2,1-3H3. The second-order valence-electron chi connectivity index (χ2n) is 4.02. The van der Waals surface area contributed by atoms with Crippen LogP contribution in [-0.4, -0.2) is 35.1 Å². The molecule has 0 bridgehead atoms. The molecule has 0 saturated heterocycles. The molecule has 0 aromatic rings. The number of rotatable bonds is 8. The van der Waals surface area contributed by atoms with Gasteiger partial charge in [0.05, 0.1) is 24.9 Å². The Morgan fingerprint density at radius 3 is 2.07 bits per heavy atom. The number of hydrogen-bond donors (Lipinski definition) is 2. The molecule has 0 saturated carbocycles. The van der Waals surface area contributed by atoms with E-state index >= 15 is 0 Å². The largest absolute Gasteiger partial charge is 0.393 e. The highest BCUT2D eigenvalue weighted by atomic mass is 16.5. The molecule has 2 N–H and O–H groups in total. The molecule has 14 heavy (non-hydrogen) atoms. The summed E-state index contributed by atoms with van der Waals surface area (Å²) >= 11 is 0. The Morgan fingerprint density at radius 2 is 1.64 bits per heavy atom. The van der Waals surface area contributed by atoms with Crippen molar-refractivity contribution < 1.29 is 14.9 Å². The molecule has 3 atom stereocenters. The first-order chi connectivity index (χ1) is 6.56. The molecule has 0 aromatic carbocycles. The van der Waals surface area contributed by atoms with Gasteiger partial charge in [0.1, 0.15) is 0 Å². The smallest absolute Gasteiger partial charge is 0.0745 e. The summed E-state index contributed by atoms with van der Waals surface area (Å²) in [6, 6.07) is 0. The first-order valence-corrected chi connectivity index (χ1v) is 5.54. The average Bonchev–Trinajstić information content (AvgIpc) is 2.09. The fourth-order valence-electron chi connectivity index (χ4n) is 1.34. The third-order valence-corrected chi connectivity index (χ3v) is 2.09. The van der Waals surface area contributed by atoms with Gasteiger partial charge in [-0.3, -0.25) is 0 Å². The van der Waals surface area contributed by atoms with Gasteiger partial charge in [0.2, 0.25) is 0 Å². The monoisotopic (exact) mass is 204 g/mol. The van der Waals surface area contributed by atoms with Gasteiger partial charge in [-0.25, -0.2) is 0 Å². The van der Waals surface area contributed by atoms with E-state index in [2.05, 4.69) is 6.92 Å². The summed E-state index contributed by atoms with van der Waals surface area (Å²) in [5.74, 6) is 0. The van der Waals surface area contributed by atoms with Crippen molar-refractivity contribution >= 4 is 0 Å². The van der Waals surface area contributed by atoms with Crippen LogP contribution in [0.5, 0.6) is 0 Å². The maximum Gasteiger partial charge on any atom is 0.0745 e. The molecule has 0 aliphatic rings. The second-order valence-corrected chi connectivity index (χ2v) is 4.02. The zero-order valence-electron chi connectivity index (χ0n) is 9.57. The van der Waals surface area contributed by atoms with E-state index < -0.39 is 6.10 Å². The summed E-state index contributed by atoms with van der Waals surface area (Å²) < 4.78 is 5.53. The van der Waals surface area contributed by atoms with Gasteiger partial charge >= 0.3 is 0 Å². The van der Waals surface area contributed by atoms with Crippen molar-refractivity contribution in [2.75, 3.05) is 6.61 Å². The molecule has 0 radical (unpaired) electrons. The Kier molecular flexibility index (Phi) is 8.14. The molecule has 0 fully saturated rings. The van der Waals surface area contributed by atoms with Crippen LogP contribution in [0.25, 0.3) is 0 Å². The van der Waals surface area contributed by atoms with E-state index in [1.807, 2.05) is 0 Å². The summed E-state index contributed by atoms with van der Waals surface area (Å²) in [6.45, 7) is 6.01. The SMILES string of the molecule is CCCC(CCC(C)O)OCC(C)O. The normalized spacial score (nSPS) is 17.8. The highest BCUT2D eigenvalue weighted by molar-refractivity contribution is 4.61. The maximum atomic E-state index is 9.14. The van der Waals surface area contributed by atoms with E-state index in [0.717, 1.165) is 25.7 Å². The van der Waals surface area contributed by atoms with Gasteiger partial charge in [-0.15, -0.1) is 0 Å². The minimum absolute atomic E-state index is 0.184. The number of aliphatic hydroxyl groups is 2. The summed E-state index contributed by atoms with van der Waals surface area (Å²) in [5.41, 5.74) is 0. The van der Waals surface area contributed by atoms with Crippen LogP contribution >= 0.6 is 0 Å². The number of ether oxygens (including phenoxy) is 1. The van der Waals surface area contributed by atoms with Crippen LogP contribution in [0.3, 0.4) is 0 Å². The average molecular weight is 204 g/mol. The van der Waals surface area contributed by atoms with Gasteiger partial charge < -0.3 is 14.9 Å². The molecule has 0 amide bonds. The lowest BCUT2D eigenvalue weighted by Gasteiger charge is -2.18. The summed E-state index contributed by atoms with van der Waals surface area (Å²) in [4.78, 5) is 0. The molecule has 0 heterocycles. The van der Waals surface area contributed by atoms with Gasteiger partial charge in [0.15, 0.2) is 0 Å². The van der Waals surface area contributed by atoms with E-state index in [1.165, 1.54) is 0 Å². The summed E-state index contributed by atoms with van der Waals surface area (Å²) in [6.07, 6.45) is 3.24. The van der Waals surface area contributed by atoms with Crippen LogP contribution in [0.4, 0.5) is 0 Å². The fourth-order valence-corrected chi connectivity index (χ4v) is 1.34. The van der Waals surface area contributed by atoms with Crippen molar-refractivity contribution in [2.45, 2.75) is 64.8 Å². The Labute approximate surface area is 87.1 Å². The highest BCUT2D eigenvalue weighted by Gasteiger charge is 2.10. The highest BCUT2D eigenvalue weighted by Crippen LogP contribution is 2.11. The molecule has 3 heteroatoms. The van der Waals surface area contributed by atoms with Crippen molar-refractivity contribution in [1.82, 2.24) is 0 Å². The molecule has 0 rings (SSSR count). The van der Waals surface area contributed by atoms with Crippen molar-refractivity contribution in [1.29, 1.82) is 0 Å². The van der Waals surface area contributed by atoms with Gasteiger partial charge in [-0.1, -0.05) is 13.3 Å². The number of hydrogen-bond acceptors (Lipinski definition) is 3. The molecular weight excluding hydrogens is 180 g/mol. The Bertz CT molecular complexity index is 112. The fraction of sp³-hybridized carbons (Fsp3) is 1.00. The third kappa shape index (κ3) is 8.48. The minimum atomic E-state index is -0.402. The van der Waals surface area contributed by atoms with Gasteiger partial charge in [0.25, 0.3) is 0 Å². The van der Waals surface area contributed by atoms with Crippen LogP contribution < -0.4 is 0 Å². The molecule has 0 aromatic heterocycles. The quantitative estimate of drug-likeness (QED) is 0.633. The van der Waals surface area contributed by atoms with E-state index in [4.69, 9.17) is 14.9 Å². The third-order valence-electron chi connectivity index (χ3n) is 2.09. The van der Waals surface area contributed by atoms with Crippen LogP contribution in [0.1, 0.15) is 46.5 Å². The van der Waals surface area contributed by atoms with Crippen molar-refractivity contribution in [2.24, 2.45) is 0 Å². The zero-order chi connectivity index (χ0) is 11.0. The first-order valence-electron chi connectivity index (χ1n) is 5.54. The summed E-state index contributed by atoms with van der Waals surface area (Å²) in [5, 5.41) is 18.2. The number of aliphatic hydroxyl groups excluding tert-OH is 2. The van der Waals surface area contributed by atoms with Crippen molar-refractivity contribution in [3.05, 3.63) is 0 Å². The van der Waals surface area contributed by atoms with Crippen LogP contribution in [0, 0.1) is 0 Å². The molecular formula is C11H24O3. The van der Waals surface area contributed by atoms with Gasteiger partial charge in [-0.2, -0.15) is 0 Å². The van der Waals surface area contributed by atoms with Gasteiger partial charge in [-0.05, 0) is 33.1 Å². The van der Waals surface area contributed by atoms with Crippen molar-refractivity contribution in [3.8, 4) is 0 Å². The van der Waals surface area contributed by atoms with E-state index in [1.54, 1.807) is 13.8 Å². The van der Waals surface area contributed by atoms with Crippen LogP contribution in [0.2, 0.25) is 0 Å². The summed E-state index contributed by atoms with van der Waals surface area (Å²) in [7, 11) is 0. The molecule has 0 spiro atoms. The Hall–Kier alpha value is -0.120. The molecule has 3 nitrogen and oxygen atoms in total. The molecule has 0 aliphatic heterocycles. The van der Waals surface area contributed by atoms with Gasteiger partial charge in [0, 0.05) is 0 Å². The Morgan fingerprint density at radius 1 is 1.00 bits per heavy atom.